The fourth-order valence-electron chi connectivity index (χ4n) is 3.79. The second-order valence-electron chi connectivity index (χ2n) is 7.69. The van der Waals surface area contributed by atoms with Gasteiger partial charge in [0.1, 0.15) is 23.4 Å². The third-order valence-corrected chi connectivity index (χ3v) is 5.60. The zero-order valence-electron chi connectivity index (χ0n) is 17.1. The van der Waals surface area contributed by atoms with E-state index in [2.05, 4.69) is 34.2 Å². The Morgan fingerprint density at radius 2 is 1.93 bits per heavy atom. The number of hydrogen-bond acceptors (Lipinski definition) is 4. The van der Waals surface area contributed by atoms with Crippen molar-refractivity contribution in [1.82, 2.24) is 20.1 Å². The summed E-state index contributed by atoms with van der Waals surface area (Å²) >= 11 is 5.68. The van der Waals surface area contributed by atoms with Crippen molar-refractivity contribution in [3.05, 3.63) is 78.1 Å². The van der Waals surface area contributed by atoms with E-state index in [1.165, 1.54) is 12.1 Å². The molecule has 1 fully saturated rings. The van der Waals surface area contributed by atoms with Crippen LogP contribution >= 0.6 is 12.2 Å². The van der Waals surface area contributed by atoms with Gasteiger partial charge in [-0.05, 0) is 87.8 Å². The molecule has 5 nitrogen and oxygen atoms in total. The smallest absolute Gasteiger partial charge is 0.170 e. The molecule has 7 heteroatoms. The fraction of sp³-hybridized carbons (Fsp3) is 0.304. The van der Waals surface area contributed by atoms with Crippen LogP contribution in [0.25, 0.3) is 11.3 Å². The van der Waals surface area contributed by atoms with Crippen molar-refractivity contribution in [3.63, 3.8) is 0 Å². The summed E-state index contributed by atoms with van der Waals surface area (Å²) in [5.41, 5.74) is 1.75. The average molecular weight is 425 g/mol. The molecule has 1 N–H and O–H groups in total. The molecule has 1 saturated heterocycles. The molecule has 0 radical (unpaired) electrons. The molecule has 0 bridgehead atoms. The van der Waals surface area contributed by atoms with Gasteiger partial charge >= 0.3 is 0 Å². The summed E-state index contributed by atoms with van der Waals surface area (Å²) in [5.74, 6) is 1.25. The maximum absolute atomic E-state index is 13.3. The molecule has 0 aliphatic carbocycles. The number of hydrogen-bond donors (Lipinski definition) is 1. The minimum absolute atomic E-state index is 0.106. The van der Waals surface area contributed by atoms with Crippen LogP contribution in [0, 0.1) is 5.82 Å². The highest BCUT2D eigenvalue weighted by Gasteiger charge is 2.41. The van der Waals surface area contributed by atoms with Crippen LogP contribution in [0.5, 0.6) is 0 Å². The highest BCUT2D eigenvalue weighted by Crippen LogP contribution is 2.40. The van der Waals surface area contributed by atoms with Crippen LogP contribution in [0.15, 0.2) is 65.2 Å². The van der Waals surface area contributed by atoms with Gasteiger partial charge in [0.25, 0.3) is 0 Å². The Balaban J connectivity index is 1.65. The Morgan fingerprint density at radius 1 is 1.13 bits per heavy atom. The Bertz CT molecular complexity index is 990. The van der Waals surface area contributed by atoms with Crippen LogP contribution in [-0.4, -0.2) is 47.1 Å². The molecule has 156 valence electrons. The number of rotatable bonds is 7. The number of benzene rings is 1. The van der Waals surface area contributed by atoms with Gasteiger partial charge in [0.15, 0.2) is 5.11 Å². The van der Waals surface area contributed by atoms with E-state index in [4.69, 9.17) is 16.6 Å². The van der Waals surface area contributed by atoms with Crippen LogP contribution in [-0.2, 0) is 0 Å². The lowest BCUT2D eigenvalue weighted by Crippen LogP contribution is -2.32. The topological polar surface area (TPSA) is 44.5 Å². The van der Waals surface area contributed by atoms with Gasteiger partial charge in [0.05, 0.1) is 11.7 Å². The molecule has 2 atom stereocenters. The van der Waals surface area contributed by atoms with E-state index in [0.717, 1.165) is 36.5 Å². The molecular weight excluding hydrogens is 399 g/mol. The molecule has 0 spiro atoms. The zero-order valence-corrected chi connectivity index (χ0v) is 17.9. The minimum Gasteiger partial charge on any atom is -0.459 e. The summed E-state index contributed by atoms with van der Waals surface area (Å²) < 4.78 is 19.5. The Kier molecular flexibility index (Phi) is 6.11. The number of furan rings is 1. The molecule has 1 aliphatic rings. The van der Waals surface area contributed by atoms with Crippen molar-refractivity contribution in [3.8, 4) is 11.3 Å². The molecule has 30 heavy (non-hydrogen) atoms. The number of thiocarbonyl (C=S) groups is 1. The minimum atomic E-state index is -0.266. The lowest BCUT2D eigenvalue weighted by molar-refractivity contribution is 0.261. The molecule has 3 aromatic rings. The van der Waals surface area contributed by atoms with Gasteiger partial charge in [-0.15, -0.1) is 0 Å². The first-order valence-electron chi connectivity index (χ1n) is 10.0. The van der Waals surface area contributed by atoms with E-state index in [1.54, 1.807) is 18.3 Å². The van der Waals surface area contributed by atoms with Gasteiger partial charge in [0, 0.05) is 18.3 Å². The SMILES string of the molecule is CN(C)CCCN1C(=S)N[C@@H](c2ccccn2)[C@@H]1c1ccc(-c2ccc(F)cc2)o1. The van der Waals surface area contributed by atoms with Crippen molar-refractivity contribution in [2.45, 2.75) is 18.5 Å². The fourth-order valence-corrected chi connectivity index (χ4v) is 4.13. The van der Waals surface area contributed by atoms with E-state index in [1.807, 2.05) is 30.3 Å². The van der Waals surface area contributed by atoms with Gasteiger partial charge in [-0.2, -0.15) is 0 Å². The third-order valence-electron chi connectivity index (χ3n) is 5.25. The second kappa shape index (κ2) is 8.93. The average Bonchev–Trinajstić information content (AvgIpc) is 3.34. The van der Waals surface area contributed by atoms with Crippen molar-refractivity contribution in [1.29, 1.82) is 0 Å². The Labute approximate surface area is 181 Å². The van der Waals surface area contributed by atoms with Gasteiger partial charge in [-0.25, -0.2) is 4.39 Å². The van der Waals surface area contributed by atoms with Crippen molar-refractivity contribution >= 4 is 17.3 Å². The van der Waals surface area contributed by atoms with Crippen LogP contribution in [0.3, 0.4) is 0 Å². The predicted molar refractivity (Wildman–Crippen MR) is 119 cm³/mol. The van der Waals surface area contributed by atoms with Gasteiger partial charge in [-0.3, -0.25) is 4.98 Å². The Morgan fingerprint density at radius 3 is 2.63 bits per heavy atom. The molecule has 1 aromatic carbocycles. The number of halogens is 1. The molecule has 2 aromatic heterocycles. The Hall–Kier alpha value is -2.77. The van der Waals surface area contributed by atoms with Crippen LogP contribution in [0.2, 0.25) is 0 Å². The molecule has 4 rings (SSSR count). The van der Waals surface area contributed by atoms with Crippen molar-refractivity contribution in [2.75, 3.05) is 27.2 Å². The van der Waals surface area contributed by atoms with Gasteiger partial charge in [0.2, 0.25) is 0 Å². The third kappa shape index (κ3) is 4.37. The van der Waals surface area contributed by atoms with Crippen LogP contribution in [0.1, 0.15) is 30.0 Å². The largest absolute Gasteiger partial charge is 0.459 e. The normalized spacial score (nSPS) is 18.8. The quantitative estimate of drug-likeness (QED) is 0.567. The lowest BCUT2D eigenvalue weighted by atomic mass is 10.0. The maximum atomic E-state index is 13.3. The number of nitrogens with one attached hydrogen (secondary N) is 1. The molecule has 0 saturated carbocycles. The summed E-state index contributed by atoms with van der Waals surface area (Å²) in [7, 11) is 4.13. The monoisotopic (exact) mass is 424 g/mol. The first-order chi connectivity index (χ1) is 14.5. The van der Waals surface area contributed by atoms with Gasteiger partial charge < -0.3 is 19.5 Å². The van der Waals surface area contributed by atoms with E-state index in [0.29, 0.717) is 10.9 Å². The summed E-state index contributed by atoms with van der Waals surface area (Å²) in [4.78, 5) is 8.90. The van der Waals surface area contributed by atoms with E-state index in [-0.39, 0.29) is 17.9 Å². The van der Waals surface area contributed by atoms with Crippen molar-refractivity contribution in [2.24, 2.45) is 0 Å². The zero-order chi connectivity index (χ0) is 21.1. The highest BCUT2D eigenvalue weighted by atomic mass is 32.1. The predicted octanol–water partition coefficient (Wildman–Crippen LogP) is 4.40. The summed E-state index contributed by atoms with van der Waals surface area (Å²) in [6, 6.07) is 15.9. The second-order valence-corrected chi connectivity index (χ2v) is 8.07. The highest BCUT2D eigenvalue weighted by molar-refractivity contribution is 7.80. The summed E-state index contributed by atoms with van der Waals surface area (Å²) in [6.45, 7) is 1.78. The molecule has 0 unspecified atom stereocenters. The summed E-state index contributed by atoms with van der Waals surface area (Å²) in [6.07, 6.45) is 2.77. The number of nitrogens with zero attached hydrogens (tertiary/aromatic N) is 3. The lowest BCUT2D eigenvalue weighted by Gasteiger charge is -2.26. The van der Waals surface area contributed by atoms with Crippen LogP contribution < -0.4 is 5.32 Å². The number of pyridine rings is 1. The summed E-state index contributed by atoms with van der Waals surface area (Å²) in [5, 5.41) is 4.14. The van der Waals surface area contributed by atoms with Crippen molar-refractivity contribution < 1.29 is 8.81 Å². The molecule has 3 heterocycles. The number of aromatic nitrogens is 1. The molecular formula is C23H25FN4OS. The van der Waals surface area contributed by atoms with Crippen LogP contribution in [0.4, 0.5) is 4.39 Å². The van der Waals surface area contributed by atoms with E-state index >= 15 is 0 Å². The molecule has 0 amide bonds. The maximum Gasteiger partial charge on any atom is 0.170 e. The first-order valence-corrected chi connectivity index (χ1v) is 10.4. The van der Waals surface area contributed by atoms with Gasteiger partial charge in [-0.1, -0.05) is 6.07 Å². The van der Waals surface area contributed by atoms with E-state index in [9.17, 15) is 4.39 Å². The first kappa shape index (κ1) is 20.5. The molecule has 1 aliphatic heterocycles. The van der Waals surface area contributed by atoms with E-state index < -0.39 is 0 Å². The standard InChI is InChI=1S/C23H25FN4OS/c1-27(2)14-5-15-28-22(21(26-23(28)30)18-6-3-4-13-25-18)20-12-11-19(29-20)16-7-9-17(24)10-8-16/h3-4,6-13,21-22H,5,14-15H2,1-2H3,(H,26,30)/t21-,22-/m0/s1.